The maximum Gasteiger partial charge on any atom is 0.192 e. The lowest BCUT2D eigenvalue weighted by molar-refractivity contribution is -0.00905. The summed E-state index contributed by atoms with van der Waals surface area (Å²) in [5.41, 5.74) is 0.637. The molecular weight excluding hydrogens is 320 g/mol. The predicted molar refractivity (Wildman–Crippen MR) is 95.4 cm³/mol. The Balaban J connectivity index is 1.67. The van der Waals surface area contributed by atoms with Gasteiger partial charge in [0.05, 0.1) is 24.9 Å². The van der Waals surface area contributed by atoms with Crippen LogP contribution in [0.4, 0.5) is 0 Å². The zero-order valence-electron chi connectivity index (χ0n) is 15.7. The van der Waals surface area contributed by atoms with Crippen molar-refractivity contribution in [3.8, 4) is 0 Å². The molecule has 0 bridgehead atoms. The van der Waals surface area contributed by atoms with Gasteiger partial charge in [-0.25, -0.2) is 0 Å². The summed E-state index contributed by atoms with van der Waals surface area (Å²) in [7, 11) is -1.91. The highest BCUT2D eigenvalue weighted by molar-refractivity contribution is 6.74. The van der Waals surface area contributed by atoms with E-state index in [1.165, 1.54) is 5.57 Å². The van der Waals surface area contributed by atoms with Crippen LogP contribution in [0.2, 0.25) is 18.1 Å². The lowest BCUT2D eigenvalue weighted by atomic mass is 9.78. The van der Waals surface area contributed by atoms with Gasteiger partial charge < -0.3 is 19.0 Å². The number of hydrogen-bond acceptors (Lipinski definition) is 4. The van der Waals surface area contributed by atoms with E-state index < -0.39 is 13.9 Å². The molecule has 2 saturated heterocycles. The topological polar surface area (TPSA) is 51.2 Å². The van der Waals surface area contributed by atoms with Gasteiger partial charge in [0.25, 0.3) is 0 Å². The molecule has 2 heterocycles. The number of epoxide rings is 1. The first-order valence-corrected chi connectivity index (χ1v) is 12.4. The van der Waals surface area contributed by atoms with E-state index in [-0.39, 0.29) is 29.3 Å². The van der Waals surface area contributed by atoms with E-state index in [4.69, 9.17) is 13.9 Å². The molecular formula is C19H32O4Si. The van der Waals surface area contributed by atoms with Gasteiger partial charge in [0.15, 0.2) is 8.32 Å². The van der Waals surface area contributed by atoms with E-state index >= 15 is 0 Å². The van der Waals surface area contributed by atoms with Crippen LogP contribution in [0.3, 0.4) is 0 Å². The molecule has 2 aliphatic carbocycles. The van der Waals surface area contributed by atoms with Crippen LogP contribution in [0.1, 0.15) is 40.0 Å². The summed E-state index contributed by atoms with van der Waals surface area (Å²) in [5, 5.41) is 11.4. The minimum Gasteiger partial charge on any atom is -0.410 e. The first-order valence-electron chi connectivity index (χ1n) is 9.47. The van der Waals surface area contributed by atoms with Gasteiger partial charge in [-0.2, -0.15) is 0 Å². The lowest BCUT2D eigenvalue weighted by Crippen LogP contribution is -2.51. The Kier molecular flexibility index (Phi) is 3.87. The van der Waals surface area contributed by atoms with Crippen LogP contribution in [-0.2, 0) is 13.9 Å². The fourth-order valence-electron chi connectivity index (χ4n) is 4.55. The number of rotatable bonds is 2. The largest absolute Gasteiger partial charge is 0.410 e. The summed E-state index contributed by atoms with van der Waals surface area (Å²) in [6, 6.07) is 0. The van der Waals surface area contributed by atoms with Crippen molar-refractivity contribution < 1.29 is 19.0 Å². The average molecular weight is 353 g/mol. The molecule has 1 saturated carbocycles. The summed E-state index contributed by atoms with van der Waals surface area (Å²) in [6.07, 6.45) is 5.29. The minimum atomic E-state index is -1.91. The Morgan fingerprint density at radius 1 is 1.33 bits per heavy atom. The Hall–Kier alpha value is -0.203. The third kappa shape index (κ3) is 2.55. The Morgan fingerprint density at radius 2 is 2.08 bits per heavy atom. The number of fused-ring (bicyclic) bond motifs is 4. The molecule has 0 aromatic rings. The van der Waals surface area contributed by atoms with Crippen molar-refractivity contribution in [3.05, 3.63) is 11.6 Å². The summed E-state index contributed by atoms with van der Waals surface area (Å²) >= 11 is 0. The Morgan fingerprint density at radius 3 is 2.79 bits per heavy atom. The molecule has 136 valence electrons. The molecule has 4 aliphatic rings. The molecule has 0 radical (unpaired) electrons. The number of hydrogen-bond donors (Lipinski definition) is 1. The highest BCUT2D eigenvalue weighted by Gasteiger charge is 2.64. The van der Waals surface area contributed by atoms with E-state index in [2.05, 4.69) is 39.9 Å². The van der Waals surface area contributed by atoms with Gasteiger partial charge in [0.1, 0.15) is 12.2 Å². The van der Waals surface area contributed by atoms with Gasteiger partial charge in [0.2, 0.25) is 0 Å². The molecule has 2 aliphatic heterocycles. The summed E-state index contributed by atoms with van der Waals surface area (Å²) in [5.74, 6) is 0.514. The van der Waals surface area contributed by atoms with Crippen molar-refractivity contribution >= 4 is 8.32 Å². The molecule has 24 heavy (non-hydrogen) atoms. The van der Waals surface area contributed by atoms with Crippen LogP contribution in [0.25, 0.3) is 0 Å². The summed E-state index contributed by atoms with van der Waals surface area (Å²) < 4.78 is 18.7. The highest BCUT2D eigenvalue weighted by Crippen LogP contribution is 2.53. The van der Waals surface area contributed by atoms with Crippen molar-refractivity contribution in [2.24, 2.45) is 11.8 Å². The molecule has 0 unspecified atom stereocenters. The van der Waals surface area contributed by atoms with E-state index in [1.54, 1.807) is 0 Å². The Bertz CT molecular complexity index is 552. The smallest absolute Gasteiger partial charge is 0.192 e. The molecule has 3 fully saturated rings. The molecule has 1 N–H and O–H groups in total. The summed E-state index contributed by atoms with van der Waals surface area (Å²) in [4.78, 5) is 0. The molecule has 0 aromatic carbocycles. The molecule has 4 nitrogen and oxygen atoms in total. The predicted octanol–water partition coefficient (Wildman–Crippen LogP) is 3.26. The molecule has 4 rings (SSSR count). The fraction of sp³-hybridized carbons (Fsp3) is 0.895. The SMILES string of the molecule is CC(C)(C)[Si](C)(C)O[C@H]1[C@H]2O[C@@H]2[C@]2(O)CCC[C@@H]2/C=C2/COC[C@@H]21. The van der Waals surface area contributed by atoms with Crippen LogP contribution < -0.4 is 0 Å². The van der Waals surface area contributed by atoms with E-state index in [0.29, 0.717) is 12.5 Å². The van der Waals surface area contributed by atoms with Crippen molar-refractivity contribution in [1.29, 1.82) is 0 Å². The zero-order chi connectivity index (χ0) is 17.3. The molecule has 0 amide bonds. The van der Waals surface area contributed by atoms with Gasteiger partial charge in [-0.3, -0.25) is 0 Å². The van der Waals surface area contributed by atoms with Gasteiger partial charge in [-0.05, 0) is 43.0 Å². The highest BCUT2D eigenvalue weighted by atomic mass is 28.4. The lowest BCUT2D eigenvalue weighted by Gasteiger charge is -2.41. The maximum absolute atomic E-state index is 11.3. The van der Waals surface area contributed by atoms with Gasteiger partial charge in [-0.15, -0.1) is 0 Å². The number of ether oxygens (including phenoxy) is 2. The third-order valence-electron chi connectivity index (χ3n) is 7.17. The van der Waals surface area contributed by atoms with Crippen LogP contribution in [0.15, 0.2) is 11.6 Å². The molecule has 6 atom stereocenters. The maximum atomic E-state index is 11.3. The van der Waals surface area contributed by atoms with Crippen molar-refractivity contribution in [1.82, 2.24) is 0 Å². The van der Waals surface area contributed by atoms with Crippen molar-refractivity contribution in [3.63, 3.8) is 0 Å². The third-order valence-corrected chi connectivity index (χ3v) is 11.6. The first kappa shape index (κ1) is 17.2. The van der Waals surface area contributed by atoms with E-state index in [9.17, 15) is 5.11 Å². The minimum absolute atomic E-state index is 0.0233. The second-order valence-electron chi connectivity index (χ2n) is 9.72. The normalized spacial score (nSPS) is 47.1. The van der Waals surface area contributed by atoms with Gasteiger partial charge >= 0.3 is 0 Å². The quantitative estimate of drug-likeness (QED) is 0.471. The van der Waals surface area contributed by atoms with Crippen LogP contribution in [0, 0.1) is 11.8 Å². The fourth-order valence-corrected chi connectivity index (χ4v) is 5.88. The van der Waals surface area contributed by atoms with E-state index in [1.807, 2.05) is 0 Å². The standard InChI is InChI=1S/C19H32O4Si/c1-18(2,3)24(4,5)23-15-14-11-21-10-12(14)9-13-7-6-8-19(13,20)17-16(15)22-17/h9,13-17,20H,6-8,10-11H2,1-5H3/b12-9-/t13-,14+,15-,16-,17+,19+/m1/s1. The van der Waals surface area contributed by atoms with Crippen LogP contribution >= 0.6 is 0 Å². The molecule has 0 spiro atoms. The Labute approximate surface area is 146 Å². The monoisotopic (exact) mass is 352 g/mol. The zero-order valence-corrected chi connectivity index (χ0v) is 16.7. The second kappa shape index (κ2) is 5.40. The van der Waals surface area contributed by atoms with Gasteiger partial charge in [0, 0.05) is 11.8 Å². The van der Waals surface area contributed by atoms with Crippen molar-refractivity contribution in [2.45, 2.75) is 82.1 Å². The average Bonchev–Trinajstić information content (AvgIpc) is 3.01. The molecule has 5 heteroatoms. The van der Waals surface area contributed by atoms with E-state index in [0.717, 1.165) is 25.9 Å². The van der Waals surface area contributed by atoms with Gasteiger partial charge in [-0.1, -0.05) is 26.8 Å². The van der Waals surface area contributed by atoms with Crippen molar-refractivity contribution in [2.75, 3.05) is 13.2 Å². The first-order chi connectivity index (χ1) is 11.1. The summed E-state index contributed by atoms with van der Waals surface area (Å²) in [6.45, 7) is 12.8. The van der Waals surface area contributed by atoms with Crippen LogP contribution in [-0.4, -0.2) is 50.6 Å². The second-order valence-corrected chi connectivity index (χ2v) is 14.5. The molecule has 0 aromatic heterocycles. The number of aliphatic hydroxyl groups is 1. The van der Waals surface area contributed by atoms with Crippen LogP contribution in [0.5, 0.6) is 0 Å².